The first-order valence-corrected chi connectivity index (χ1v) is 31.0. The number of hydrogen-bond acceptors (Lipinski definition) is 16. The molecule has 0 spiro atoms. The number of likely N-dealkylation sites (N-methyl/N-ethyl adjacent to an activating group) is 4. The molecule has 3 heterocycles. The molecule has 8 atom stereocenters. The van der Waals surface area contributed by atoms with Gasteiger partial charge in [-0.05, 0) is 108 Å². The van der Waals surface area contributed by atoms with Crippen LogP contribution in [0.15, 0.2) is 73.6 Å². The Morgan fingerprint density at radius 2 is 0.648 bits per heavy atom. The zero-order valence-corrected chi connectivity index (χ0v) is 55.1. The van der Waals surface area contributed by atoms with E-state index in [1.807, 2.05) is 104 Å². The van der Waals surface area contributed by atoms with Gasteiger partial charge in [0.05, 0.1) is 0 Å². The first kappa shape index (κ1) is 71.1. The average Bonchev–Trinajstić information content (AvgIpc) is 1.51. The van der Waals surface area contributed by atoms with Gasteiger partial charge in [-0.25, -0.2) is 39.1 Å². The van der Waals surface area contributed by atoms with Crippen LogP contribution in [-0.4, -0.2) is 164 Å². The summed E-state index contributed by atoms with van der Waals surface area (Å²) < 4.78 is 24.4. The smallest absolute Gasteiger partial charge is 0.329 e. The minimum absolute atomic E-state index is 0.0759. The Labute approximate surface area is 521 Å². The Morgan fingerprint density at radius 3 is 0.920 bits per heavy atom. The van der Waals surface area contributed by atoms with Gasteiger partial charge in [0.25, 0.3) is 23.6 Å². The lowest BCUT2D eigenvalue weighted by Gasteiger charge is -2.35. The average molecular weight is 1220 g/mol. The van der Waals surface area contributed by atoms with Crippen LogP contribution in [0.4, 0.5) is 0 Å². The number of rotatable bonds is 18. The third-order valence-corrected chi connectivity index (χ3v) is 15.9. The van der Waals surface area contributed by atoms with E-state index in [2.05, 4.69) is 47.6 Å². The predicted octanol–water partition coefficient (Wildman–Crippen LogP) is 8.67. The fraction of sp³-hybridized carbons (Fsp3) is 0.588. The van der Waals surface area contributed by atoms with E-state index < -0.39 is 96.1 Å². The number of nitrogens with zero attached hydrogens (tertiary/aromatic N) is 8. The van der Waals surface area contributed by atoms with Crippen LogP contribution in [0.25, 0.3) is 0 Å². The number of hydrogen-bond donors (Lipinski definition) is 0. The van der Waals surface area contributed by atoms with Crippen LogP contribution in [0.5, 0.6) is 0 Å². The zero-order chi connectivity index (χ0) is 65.4. The lowest BCUT2D eigenvalue weighted by atomic mass is 9.97. The molecule has 4 aromatic rings. The summed E-state index contributed by atoms with van der Waals surface area (Å²) in [5.41, 5.74) is 6.88. The summed E-state index contributed by atoms with van der Waals surface area (Å²) in [6.07, 6.45) is 1.64. The van der Waals surface area contributed by atoms with Crippen molar-refractivity contribution in [2.24, 2.45) is 23.7 Å². The Hall–Kier alpha value is -7.64. The van der Waals surface area contributed by atoms with Crippen LogP contribution in [0.2, 0.25) is 0 Å². The molecular formula is C68H96N8O12. The Morgan fingerprint density at radius 1 is 0.386 bits per heavy atom. The molecule has 4 amide bonds. The summed E-state index contributed by atoms with van der Waals surface area (Å²) in [6.45, 7) is 25.8. The molecule has 0 N–H and O–H groups in total. The van der Waals surface area contributed by atoms with Gasteiger partial charge in [-0.3, -0.25) is 19.2 Å². The van der Waals surface area contributed by atoms with Crippen LogP contribution < -0.4 is 0 Å². The second-order valence-electron chi connectivity index (χ2n) is 26.0. The van der Waals surface area contributed by atoms with E-state index in [4.69, 9.17) is 18.9 Å². The molecule has 5 rings (SSSR count). The minimum atomic E-state index is -1.55. The molecule has 0 saturated carbocycles. The molecule has 1 aliphatic heterocycles. The molecular weight excluding hydrogens is 1120 g/mol. The predicted molar refractivity (Wildman–Crippen MR) is 333 cm³/mol. The van der Waals surface area contributed by atoms with Crippen molar-refractivity contribution in [1.29, 1.82) is 0 Å². The van der Waals surface area contributed by atoms with E-state index in [1.54, 1.807) is 12.4 Å². The van der Waals surface area contributed by atoms with Gasteiger partial charge in [-0.2, -0.15) is 0 Å². The highest BCUT2D eigenvalue weighted by molar-refractivity contribution is 5.94. The highest BCUT2D eigenvalue weighted by Crippen LogP contribution is 2.27. The van der Waals surface area contributed by atoms with Crippen molar-refractivity contribution in [3.63, 3.8) is 0 Å². The molecule has 1 aliphatic rings. The molecule has 0 radical (unpaired) electrons. The van der Waals surface area contributed by atoms with Crippen molar-refractivity contribution in [1.82, 2.24) is 39.5 Å². The number of carbonyl (C=O) groups is 8. The molecule has 0 bridgehead atoms. The molecule has 20 nitrogen and oxygen atoms in total. The Bertz CT molecular complexity index is 2800. The van der Waals surface area contributed by atoms with E-state index >= 15 is 9.59 Å². The lowest BCUT2D eigenvalue weighted by molar-refractivity contribution is -0.176. The summed E-state index contributed by atoms with van der Waals surface area (Å²) in [5.74, 6) is -7.17. The van der Waals surface area contributed by atoms with Gasteiger partial charge >= 0.3 is 23.9 Å². The maximum Gasteiger partial charge on any atom is 0.329 e. The number of cyclic esters (lactones) is 4. The highest BCUT2D eigenvalue weighted by atomic mass is 16.6. The number of ether oxygens (including phenoxy) is 4. The number of amides is 4. The van der Waals surface area contributed by atoms with Gasteiger partial charge in [0.1, 0.15) is 36.8 Å². The van der Waals surface area contributed by atoms with Crippen LogP contribution in [0.1, 0.15) is 179 Å². The molecule has 0 aliphatic carbocycles. The Balaban J connectivity index is 1.59. The van der Waals surface area contributed by atoms with Gasteiger partial charge in [-0.1, -0.05) is 132 Å². The number of benzene rings is 2. The monoisotopic (exact) mass is 1220 g/mol. The number of carbonyl (C=O) groups excluding carboxylic acids is 8. The second-order valence-corrected chi connectivity index (χ2v) is 26.0. The molecule has 2 aromatic carbocycles. The summed E-state index contributed by atoms with van der Waals surface area (Å²) in [5, 5.41) is 0. The van der Waals surface area contributed by atoms with E-state index in [1.165, 1.54) is 64.5 Å². The van der Waals surface area contributed by atoms with E-state index in [0.717, 1.165) is 43.4 Å². The van der Waals surface area contributed by atoms with Crippen molar-refractivity contribution in [3.8, 4) is 0 Å². The lowest BCUT2D eigenvalue weighted by Crippen LogP contribution is -2.55. The molecule has 1 saturated heterocycles. The van der Waals surface area contributed by atoms with Crippen LogP contribution in [0.3, 0.4) is 0 Å². The highest BCUT2D eigenvalue weighted by Gasteiger charge is 2.43. The van der Waals surface area contributed by atoms with E-state index in [-0.39, 0.29) is 74.0 Å². The number of esters is 4. The number of aromatic nitrogens is 4. The quantitative estimate of drug-likeness (QED) is 0.0669. The standard InChI is InChI=1S/C68H96N8O12/c1-39(2)27-53-65(81)85-45(13)61(77)73(15)56(30-42(7)8)68(84)88-58(34-50-25-21-48(22-26-50)32-52-36-70-38-72-60(52)44(11)12)64(80)76(18)54(28-40(3)4)66(82)86-46(14)62(78)74(16)55(29-41(5)6)67(83)87-57(63(79)75(53)17)33-49-23-19-47(20-24-49)31-51-35-69-37-71-59(51)43(9)10/h19-26,35-46,53-58H,27-34H2,1-18H3/t45-,46-,53+,54+,55+,56+,57-,58-/m1/s1. The Kier molecular flexibility index (Phi) is 26.3. The second kappa shape index (κ2) is 32.5. The summed E-state index contributed by atoms with van der Waals surface area (Å²) in [7, 11) is 5.59. The van der Waals surface area contributed by atoms with Crippen molar-refractivity contribution in [2.45, 2.75) is 209 Å². The maximum absolute atomic E-state index is 15.1. The molecule has 20 heteroatoms. The first-order valence-electron chi connectivity index (χ1n) is 31.0. The van der Waals surface area contributed by atoms with E-state index in [9.17, 15) is 28.8 Å². The fourth-order valence-corrected chi connectivity index (χ4v) is 11.0. The third-order valence-electron chi connectivity index (χ3n) is 15.9. The van der Waals surface area contributed by atoms with Gasteiger partial charge in [0.2, 0.25) is 0 Å². The molecule has 1 fully saturated rings. The molecule has 0 unspecified atom stereocenters. The van der Waals surface area contributed by atoms with Crippen LogP contribution in [-0.2, 0) is 83.0 Å². The topological polar surface area (TPSA) is 238 Å². The van der Waals surface area contributed by atoms with Gasteiger partial charge in [-0.15, -0.1) is 0 Å². The minimum Gasteiger partial charge on any atom is -0.451 e. The zero-order valence-electron chi connectivity index (χ0n) is 55.1. The largest absolute Gasteiger partial charge is 0.451 e. The molecule has 480 valence electrons. The van der Waals surface area contributed by atoms with Gasteiger partial charge in [0.15, 0.2) is 24.4 Å². The molecule has 88 heavy (non-hydrogen) atoms. The normalized spacial score (nSPS) is 22.3. The summed E-state index contributed by atoms with van der Waals surface area (Å²) in [4.78, 5) is 140. The van der Waals surface area contributed by atoms with Crippen molar-refractivity contribution < 1.29 is 57.3 Å². The van der Waals surface area contributed by atoms with Crippen LogP contribution >= 0.6 is 0 Å². The SMILES string of the molecule is CC(C)C[C@H]1C(=O)O[C@H](Cc2ccc(Cc3cncnc3C(C)C)cc2)C(=O)N(C)[C@@H](CC(C)C)C(=O)O[C@H](C)C(=O)N(C)[C@@H](CC(C)C)C(=O)O[C@H](Cc2ccc(Cc3cncnc3C(C)C)cc2)C(=O)N(C)[C@@H](CC(C)C)C(=O)O[C@H](C)C(=O)N1C. The van der Waals surface area contributed by atoms with Gasteiger partial charge in [0, 0.05) is 77.7 Å². The summed E-state index contributed by atoms with van der Waals surface area (Å²) >= 11 is 0. The first-order chi connectivity index (χ1) is 41.4. The molecule has 2 aromatic heterocycles. The maximum atomic E-state index is 15.1. The fourth-order valence-electron chi connectivity index (χ4n) is 11.0. The van der Waals surface area contributed by atoms with E-state index in [0.29, 0.717) is 24.0 Å². The van der Waals surface area contributed by atoms with Gasteiger partial charge < -0.3 is 38.5 Å². The van der Waals surface area contributed by atoms with Crippen molar-refractivity contribution in [3.05, 3.63) is 118 Å². The summed E-state index contributed by atoms with van der Waals surface area (Å²) in [6, 6.07) is 9.74. The van der Waals surface area contributed by atoms with Crippen molar-refractivity contribution >= 4 is 47.5 Å². The third kappa shape index (κ3) is 19.7. The van der Waals surface area contributed by atoms with Crippen LogP contribution in [0, 0.1) is 23.7 Å². The van der Waals surface area contributed by atoms with Crippen molar-refractivity contribution in [2.75, 3.05) is 28.2 Å².